The lowest BCUT2D eigenvalue weighted by Crippen LogP contribution is -2.38. The molecular weight excluding hydrogens is 304 g/mol. The molecule has 1 heterocycles. The third kappa shape index (κ3) is 4.62. The zero-order chi connectivity index (χ0) is 16.3. The van der Waals surface area contributed by atoms with Gasteiger partial charge >= 0.3 is 11.9 Å². The molecule has 1 saturated heterocycles. The van der Waals surface area contributed by atoms with Gasteiger partial charge in [-0.05, 0) is 30.6 Å². The second-order valence-corrected chi connectivity index (χ2v) is 7.74. The molecule has 2 aliphatic rings. The topological polar surface area (TPSA) is 61.8 Å². The average molecular weight is 330 g/mol. The molecule has 0 bridgehead atoms. The second-order valence-electron chi connectivity index (χ2n) is 6.64. The molecule has 0 aromatic heterocycles. The number of ether oxygens (including phenoxy) is 3. The quantitative estimate of drug-likeness (QED) is 0.739. The molecule has 5 nitrogen and oxygen atoms in total. The maximum Gasteiger partial charge on any atom is 0.346 e. The van der Waals surface area contributed by atoms with Gasteiger partial charge in [0.2, 0.25) is 11.7 Å². The summed E-state index contributed by atoms with van der Waals surface area (Å²) in [7, 11) is 0. The molecule has 22 heavy (non-hydrogen) atoms. The monoisotopic (exact) mass is 330 g/mol. The lowest BCUT2D eigenvalue weighted by atomic mass is 9.75. The zero-order valence-corrected chi connectivity index (χ0v) is 14.6. The second kappa shape index (κ2) is 7.68. The van der Waals surface area contributed by atoms with Gasteiger partial charge in [0.25, 0.3) is 0 Å². The summed E-state index contributed by atoms with van der Waals surface area (Å²) in [5, 5.41) is 0. The Bertz CT molecular complexity index is 411. The maximum atomic E-state index is 12.3. The lowest BCUT2D eigenvalue weighted by molar-refractivity contribution is -0.185. The van der Waals surface area contributed by atoms with E-state index in [2.05, 4.69) is 20.8 Å². The van der Waals surface area contributed by atoms with Gasteiger partial charge in [0.05, 0.1) is 5.75 Å². The highest BCUT2D eigenvalue weighted by atomic mass is 32.2. The van der Waals surface area contributed by atoms with E-state index in [4.69, 9.17) is 14.2 Å². The van der Waals surface area contributed by atoms with Crippen molar-refractivity contribution < 1.29 is 23.8 Å². The Hall–Kier alpha value is -0.750. The molecule has 0 N–H and O–H groups in total. The molecule has 0 aromatic carbocycles. The zero-order valence-electron chi connectivity index (χ0n) is 13.7. The van der Waals surface area contributed by atoms with Gasteiger partial charge in [-0.1, -0.05) is 27.2 Å². The standard InChI is InChI=1S/C16H26O5S/c1-9(2)12-6-5-10(3)7-13(12)20-15(18)16-21-14(8-22-16)19-11(4)17/h9-10,12-14,16H,5-8H2,1-4H3/t10-,12?,13?,14-,16+/m1/s1. The molecule has 1 saturated carbocycles. The predicted molar refractivity (Wildman–Crippen MR) is 84.1 cm³/mol. The molecule has 6 heteroatoms. The van der Waals surface area contributed by atoms with Crippen molar-refractivity contribution in [2.45, 2.75) is 64.8 Å². The van der Waals surface area contributed by atoms with E-state index in [0.29, 0.717) is 23.5 Å². The first-order valence-electron chi connectivity index (χ1n) is 8.01. The molecule has 1 aliphatic carbocycles. The van der Waals surface area contributed by atoms with Gasteiger partial charge in [-0.15, -0.1) is 11.8 Å². The summed E-state index contributed by atoms with van der Waals surface area (Å²) >= 11 is 1.33. The van der Waals surface area contributed by atoms with Crippen LogP contribution in [0.1, 0.15) is 47.0 Å². The molecule has 0 spiro atoms. The van der Waals surface area contributed by atoms with E-state index in [1.807, 2.05) is 0 Å². The Balaban J connectivity index is 1.88. The van der Waals surface area contributed by atoms with Gasteiger partial charge in [0.15, 0.2) is 0 Å². The van der Waals surface area contributed by atoms with Crippen LogP contribution in [0.2, 0.25) is 0 Å². The van der Waals surface area contributed by atoms with Crippen molar-refractivity contribution in [3.8, 4) is 0 Å². The van der Waals surface area contributed by atoms with Gasteiger partial charge in [0.1, 0.15) is 6.10 Å². The van der Waals surface area contributed by atoms with E-state index in [9.17, 15) is 9.59 Å². The summed E-state index contributed by atoms with van der Waals surface area (Å²) in [6.07, 6.45) is 2.53. The van der Waals surface area contributed by atoms with Gasteiger partial charge in [-0.3, -0.25) is 4.79 Å². The van der Waals surface area contributed by atoms with Crippen LogP contribution in [0.5, 0.6) is 0 Å². The minimum absolute atomic E-state index is 0.0341. The molecule has 0 amide bonds. The number of hydrogen-bond donors (Lipinski definition) is 0. The Morgan fingerprint density at radius 1 is 1.23 bits per heavy atom. The number of thioether (sulfide) groups is 1. The fourth-order valence-electron chi connectivity index (χ4n) is 3.21. The van der Waals surface area contributed by atoms with Crippen LogP contribution in [0.15, 0.2) is 0 Å². The van der Waals surface area contributed by atoms with Gasteiger partial charge in [-0.2, -0.15) is 0 Å². The minimum Gasteiger partial charge on any atom is -0.459 e. The summed E-state index contributed by atoms with van der Waals surface area (Å²) < 4.78 is 16.2. The fourth-order valence-corrected chi connectivity index (χ4v) is 4.08. The van der Waals surface area contributed by atoms with Crippen molar-refractivity contribution in [2.24, 2.45) is 17.8 Å². The highest BCUT2D eigenvalue weighted by Gasteiger charge is 2.39. The van der Waals surface area contributed by atoms with E-state index >= 15 is 0 Å². The third-order valence-corrected chi connectivity index (χ3v) is 5.45. The van der Waals surface area contributed by atoms with E-state index in [0.717, 1.165) is 12.8 Å². The van der Waals surface area contributed by atoms with Crippen molar-refractivity contribution >= 4 is 23.7 Å². The van der Waals surface area contributed by atoms with Gasteiger partial charge in [-0.25, -0.2) is 4.79 Å². The van der Waals surface area contributed by atoms with Crippen LogP contribution in [0.4, 0.5) is 0 Å². The van der Waals surface area contributed by atoms with E-state index in [1.165, 1.54) is 25.1 Å². The average Bonchev–Trinajstić information content (AvgIpc) is 2.86. The Kier molecular flexibility index (Phi) is 6.15. The van der Waals surface area contributed by atoms with Crippen molar-refractivity contribution in [1.82, 2.24) is 0 Å². The Labute approximate surface area is 136 Å². The van der Waals surface area contributed by atoms with Crippen LogP contribution in [0.25, 0.3) is 0 Å². The number of rotatable bonds is 4. The fraction of sp³-hybridized carbons (Fsp3) is 0.875. The Morgan fingerprint density at radius 2 is 1.95 bits per heavy atom. The number of hydrogen-bond acceptors (Lipinski definition) is 6. The maximum absolute atomic E-state index is 12.3. The van der Waals surface area contributed by atoms with E-state index in [-0.39, 0.29) is 12.1 Å². The molecule has 126 valence electrons. The van der Waals surface area contributed by atoms with Crippen LogP contribution in [0, 0.1) is 17.8 Å². The molecule has 5 atom stereocenters. The third-order valence-electron chi connectivity index (χ3n) is 4.38. The first-order valence-corrected chi connectivity index (χ1v) is 9.06. The van der Waals surface area contributed by atoms with E-state index < -0.39 is 17.7 Å². The number of esters is 2. The molecule has 2 fully saturated rings. The SMILES string of the molecule is CC(=O)O[C@H]1CS[C@@H](C(=O)OC2C[C@H](C)CCC2C(C)C)O1. The van der Waals surface area contributed by atoms with Crippen LogP contribution in [-0.2, 0) is 23.8 Å². The molecule has 0 radical (unpaired) electrons. The molecule has 2 rings (SSSR count). The van der Waals surface area contributed by atoms with E-state index in [1.54, 1.807) is 0 Å². The molecule has 1 aliphatic heterocycles. The van der Waals surface area contributed by atoms with Crippen LogP contribution < -0.4 is 0 Å². The summed E-state index contributed by atoms with van der Waals surface area (Å²) in [6, 6.07) is 0. The number of carbonyl (C=O) groups excluding carboxylic acids is 2. The van der Waals surface area contributed by atoms with Crippen LogP contribution in [-0.4, -0.2) is 35.5 Å². The first kappa shape index (κ1) is 17.6. The summed E-state index contributed by atoms with van der Waals surface area (Å²) in [5.41, 5.74) is -0.686. The first-order chi connectivity index (χ1) is 10.4. The van der Waals surface area contributed by atoms with Crippen molar-refractivity contribution in [3.05, 3.63) is 0 Å². The molecule has 0 aromatic rings. The van der Waals surface area contributed by atoms with Crippen molar-refractivity contribution in [2.75, 3.05) is 5.75 Å². The summed E-state index contributed by atoms with van der Waals surface area (Å²) in [6.45, 7) is 7.89. The summed E-state index contributed by atoms with van der Waals surface area (Å²) in [5.74, 6) is 1.21. The largest absolute Gasteiger partial charge is 0.459 e. The van der Waals surface area contributed by atoms with Gasteiger partial charge < -0.3 is 14.2 Å². The molecule has 2 unspecified atom stereocenters. The normalized spacial score (nSPS) is 35.4. The predicted octanol–water partition coefficient (Wildman–Crippen LogP) is 2.97. The minimum atomic E-state index is -0.686. The summed E-state index contributed by atoms with van der Waals surface area (Å²) in [4.78, 5) is 23.2. The van der Waals surface area contributed by atoms with Crippen LogP contribution in [0.3, 0.4) is 0 Å². The highest BCUT2D eigenvalue weighted by molar-refractivity contribution is 8.00. The lowest BCUT2D eigenvalue weighted by Gasteiger charge is -2.37. The van der Waals surface area contributed by atoms with Gasteiger partial charge in [0, 0.05) is 6.92 Å². The Morgan fingerprint density at radius 3 is 2.59 bits per heavy atom. The smallest absolute Gasteiger partial charge is 0.346 e. The van der Waals surface area contributed by atoms with Crippen molar-refractivity contribution in [1.29, 1.82) is 0 Å². The molecular formula is C16H26O5S. The van der Waals surface area contributed by atoms with Crippen molar-refractivity contribution in [3.63, 3.8) is 0 Å². The highest BCUT2D eigenvalue weighted by Crippen LogP contribution is 2.36. The number of carbonyl (C=O) groups is 2. The van der Waals surface area contributed by atoms with Crippen LogP contribution >= 0.6 is 11.8 Å².